The third-order valence-electron chi connectivity index (χ3n) is 6.64. The zero-order valence-electron chi connectivity index (χ0n) is 22.7. The number of carbonyl (C=O) groups is 3. The Morgan fingerprint density at radius 1 is 1.07 bits per heavy atom. The Morgan fingerprint density at radius 2 is 1.91 bits per heavy atom. The summed E-state index contributed by atoms with van der Waals surface area (Å²) in [6, 6.07) is 13.9. The van der Waals surface area contributed by atoms with Crippen LogP contribution in [0, 0.1) is 10.1 Å². The third kappa shape index (κ3) is 6.24. The maximum Gasteiger partial charge on any atom is 0.407 e. The van der Waals surface area contributed by atoms with Gasteiger partial charge in [-0.1, -0.05) is 22.9 Å². The molecule has 2 heterocycles. The molecule has 0 unspecified atom stereocenters. The van der Waals surface area contributed by atoms with E-state index in [9.17, 15) is 29.3 Å². The van der Waals surface area contributed by atoms with Crippen molar-refractivity contribution in [2.45, 2.75) is 18.0 Å². The number of alkyl carbamates (subject to hydrolysis) is 1. The van der Waals surface area contributed by atoms with Gasteiger partial charge >= 0.3 is 12.1 Å². The minimum atomic E-state index is -0.618. The molecule has 1 aliphatic carbocycles. The molecule has 0 bridgehead atoms. The Balaban J connectivity index is 1.32. The highest BCUT2D eigenvalue weighted by Gasteiger charge is 2.34. The lowest BCUT2D eigenvalue weighted by atomic mass is 10.0. The average Bonchev–Trinajstić information content (AvgIpc) is 3.31. The number of rotatable bonds is 11. The number of benzene rings is 2. The fraction of sp³-hybridized carbons (Fsp3) is 0.207. The summed E-state index contributed by atoms with van der Waals surface area (Å²) in [5.41, 5.74) is 0.625. The summed E-state index contributed by atoms with van der Waals surface area (Å²) in [5.74, 6) is -0.470. The van der Waals surface area contributed by atoms with Gasteiger partial charge in [0.1, 0.15) is 11.6 Å². The highest BCUT2D eigenvalue weighted by Crippen LogP contribution is 2.40. The number of pyridine rings is 2. The van der Waals surface area contributed by atoms with Crippen LogP contribution in [0.2, 0.25) is 0 Å². The molecule has 0 radical (unpaired) electrons. The number of carbonyl (C=O) groups excluding carboxylic acids is 3. The van der Waals surface area contributed by atoms with Crippen molar-refractivity contribution in [2.75, 3.05) is 26.0 Å². The Labute approximate surface area is 252 Å². The molecular weight excluding hydrogens is 596 g/mol. The summed E-state index contributed by atoms with van der Waals surface area (Å²) < 4.78 is 11.4. The van der Waals surface area contributed by atoms with Crippen molar-refractivity contribution >= 4 is 55.9 Å². The molecule has 4 aromatic rings. The molecule has 43 heavy (non-hydrogen) atoms. The molecule has 14 heteroatoms. The van der Waals surface area contributed by atoms with Crippen molar-refractivity contribution in [3.05, 3.63) is 98.0 Å². The van der Waals surface area contributed by atoms with Crippen LogP contribution >= 0.6 is 21.6 Å². The molecule has 0 spiro atoms. The fourth-order valence-corrected chi connectivity index (χ4v) is 6.44. The molecule has 0 saturated heterocycles. The molecule has 0 aliphatic heterocycles. The number of aromatic nitrogens is 2. The van der Waals surface area contributed by atoms with E-state index in [0.717, 1.165) is 11.1 Å². The minimum absolute atomic E-state index is 0.0238. The molecule has 220 valence electrons. The van der Waals surface area contributed by atoms with Crippen LogP contribution in [-0.2, 0) is 16.0 Å². The largest absolute Gasteiger partial charge is 0.465 e. The Bertz CT molecular complexity index is 1810. The Hall–Kier alpha value is -4.69. The number of hydrogen-bond donors (Lipinski definition) is 1. The SMILES string of the molecule is COC(=O)c1ccc2c(c1)C(=O)c1c-2n(CCCNC(=O)OCCSSc2ccccn2)c(=O)c2cc([N+](=O)[O-])ccc12. The summed E-state index contributed by atoms with van der Waals surface area (Å²) in [4.78, 5) is 66.6. The van der Waals surface area contributed by atoms with Crippen LogP contribution in [0.15, 0.2) is 70.6 Å². The number of hydrogen-bond acceptors (Lipinski definition) is 11. The number of nitrogens with one attached hydrogen (secondary N) is 1. The first-order chi connectivity index (χ1) is 20.8. The number of fused-ring (bicyclic) bond motifs is 5. The zero-order valence-corrected chi connectivity index (χ0v) is 24.4. The highest BCUT2D eigenvalue weighted by atomic mass is 33.1. The number of methoxy groups -OCH3 is 1. The number of esters is 1. The second-order valence-corrected chi connectivity index (χ2v) is 11.7. The molecule has 5 rings (SSSR count). The van der Waals surface area contributed by atoms with Gasteiger partial charge in [0.25, 0.3) is 11.2 Å². The van der Waals surface area contributed by atoms with E-state index in [1.165, 1.54) is 57.5 Å². The van der Waals surface area contributed by atoms with Crippen LogP contribution in [0.5, 0.6) is 0 Å². The summed E-state index contributed by atoms with van der Waals surface area (Å²) in [5, 5.41) is 15.2. The number of non-ortho nitro benzene ring substituents is 1. The van der Waals surface area contributed by atoms with E-state index in [0.29, 0.717) is 23.4 Å². The van der Waals surface area contributed by atoms with Crippen LogP contribution in [0.4, 0.5) is 10.5 Å². The molecular formula is C29H24N4O8S2. The van der Waals surface area contributed by atoms with E-state index in [1.54, 1.807) is 12.3 Å². The lowest BCUT2D eigenvalue weighted by Gasteiger charge is -2.15. The molecule has 1 aliphatic rings. The topological polar surface area (TPSA) is 160 Å². The van der Waals surface area contributed by atoms with Gasteiger partial charge in [0.05, 0.1) is 34.2 Å². The van der Waals surface area contributed by atoms with Crippen LogP contribution in [0.1, 0.15) is 32.7 Å². The van der Waals surface area contributed by atoms with E-state index in [1.807, 2.05) is 18.2 Å². The average molecular weight is 621 g/mol. The number of ether oxygens (including phenoxy) is 2. The van der Waals surface area contributed by atoms with Gasteiger partial charge in [-0.25, -0.2) is 14.6 Å². The molecule has 12 nitrogen and oxygen atoms in total. The first-order valence-corrected chi connectivity index (χ1v) is 15.4. The van der Waals surface area contributed by atoms with Gasteiger partial charge < -0.3 is 19.4 Å². The molecule has 1 N–H and O–H groups in total. The maximum absolute atomic E-state index is 13.7. The lowest BCUT2D eigenvalue weighted by Crippen LogP contribution is -2.29. The number of nitrogens with zero attached hydrogens (tertiary/aromatic N) is 3. The molecule has 1 amide bonds. The molecule has 0 atom stereocenters. The van der Waals surface area contributed by atoms with Crippen molar-refractivity contribution in [3.63, 3.8) is 0 Å². The van der Waals surface area contributed by atoms with E-state index >= 15 is 0 Å². The van der Waals surface area contributed by atoms with Crippen molar-refractivity contribution in [3.8, 4) is 11.3 Å². The Kier molecular flexibility index (Phi) is 9.07. The fourth-order valence-electron chi connectivity index (χ4n) is 4.74. The summed E-state index contributed by atoms with van der Waals surface area (Å²) in [6.45, 7) is 0.465. The minimum Gasteiger partial charge on any atom is -0.465 e. The van der Waals surface area contributed by atoms with Crippen molar-refractivity contribution < 1.29 is 28.8 Å². The van der Waals surface area contributed by atoms with Gasteiger partial charge in [-0.2, -0.15) is 0 Å². The third-order valence-corrected chi connectivity index (χ3v) is 8.87. The van der Waals surface area contributed by atoms with E-state index < -0.39 is 28.3 Å². The van der Waals surface area contributed by atoms with Crippen LogP contribution < -0.4 is 10.9 Å². The van der Waals surface area contributed by atoms with Crippen LogP contribution in [-0.4, -0.2) is 58.3 Å². The van der Waals surface area contributed by atoms with Gasteiger partial charge in [-0.05, 0) is 47.5 Å². The molecule has 0 fully saturated rings. The summed E-state index contributed by atoms with van der Waals surface area (Å²) in [6.07, 6.45) is 1.40. The van der Waals surface area contributed by atoms with Crippen molar-refractivity contribution in [2.24, 2.45) is 0 Å². The number of amides is 1. The van der Waals surface area contributed by atoms with Gasteiger partial charge in [0.2, 0.25) is 0 Å². The van der Waals surface area contributed by atoms with Gasteiger partial charge in [0.15, 0.2) is 5.78 Å². The first-order valence-electron chi connectivity index (χ1n) is 13.0. The monoisotopic (exact) mass is 620 g/mol. The van der Waals surface area contributed by atoms with Crippen molar-refractivity contribution in [1.29, 1.82) is 0 Å². The quantitative estimate of drug-likeness (QED) is 0.0706. The van der Waals surface area contributed by atoms with Gasteiger partial charge in [-0.3, -0.25) is 19.7 Å². The predicted octanol–water partition coefficient (Wildman–Crippen LogP) is 4.86. The number of nitro groups is 1. The van der Waals surface area contributed by atoms with Crippen molar-refractivity contribution in [1.82, 2.24) is 14.9 Å². The van der Waals surface area contributed by atoms with E-state index in [4.69, 9.17) is 9.47 Å². The Morgan fingerprint density at radius 3 is 2.65 bits per heavy atom. The van der Waals surface area contributed by atoms with Crippen LogP contribution in [0.3, 0.4) is 0 Å². The molecule has 0 saturated carbocycles. The van der Waals surface area contributed by atoms with E-state index in [-0.39, 0.29) is 52.8 Å². The molecule has 2 aromatic carbocycles. The van der Waals surface area contributed by atoms with Gasteiger partial charge in [0, 0.05) is 53.7 Å². The number of nitro benzene ring substituents is 1. The standard InChI is InChI=1S/C29H24N4O8S2/c1-40-28(36)17-6-8-20-21(15-17)26(34)24-19-9-7-18(33(38)39)16-22(19)27(35)32(25(20)24)12-4-11-31-29(37)41-13-14-42-43-23-5-2-3-10-30-23/h2-3,5-10,15-16H,4,11-14H2,1H3,(H,31,37). The normalized spacial score (nSPS) is 11.6. The van der Waals surface area contributed by atoms with E-state index in [2.05, 4.69) is 10.3 Å². The second kappa shape index (κ2) is 13.1. The highest BCUT2D eigenvalue weighted by molar-refractivity contribution is 8.76. The first kappa shape index (κ1) is 29.8. The maximum atomic E-state index is 13.7. The zero-order chi connectivity index (χ0) is 30.5. The number of ketones is 1. The van der Waals surface area contributed by atoms with Crippen LogP contribution in [0.25, 0.3) is 22.0 Å². The molecule has 2 aromatic heterocycles. The smallest absolute Gasteiger partial charge is 0.407 e. The van der Waals surface area contributed by atoms with Gasteiger partial charge in [-0.15, -0.1) is 0 Å². The summed E-state index contributed by atoms with van der Waals surface area (Å²) in [7, 11) is 4.22. The summed E-state index contributed by atoms with van der Waals surface area (Å²) >= 11 is 0. The predicted molar refractivity (Wildman–Crippen MR) is 162 cm³/mol. The second-order valence-electron chi connectivity index (χ2n) is 9.24. The lowest BCUT2D eigenvalue weighted by molar-refractivity contribution is -0.384.